The Morgan fingerprint density at radius 3 is 2.17 bits per heavy atom. The van der Waals surface area contributed by atoms with Gasteiger partial charge >= 0.3 is 0 Å². The molecule has 0 aliphatic carbocycles. The molecule has 0 unspecified atom stereocenters. The molecule has 0 bridgehead atoms. The zero-order valence-corrected chi connectivity index (χ0v) is 19.2. The third kappa shape index (κ3) is 4.93. The first-order valence-corrected chi connectivity index (χ1v) is 12.1. The molecule has 1 aliphatic rings. The van der Waals surface area contributed by atoms with Crippen LogP contribution in [0.3, 0.4) is 0 Å². The summed E-state index contributed by atoms with van der Waals surface area (Å²) in [5.74, 6) is -0.258. The number of hydrogen-bond donors (Lipinski definition) is 1. The molecule has 0 aromatic heterocycles. The molecule has 6 heteroatoms. The number of sulfonamides is 1. The summed E-state index contributed by atoms with van der Waals surface area (Å²) in [5, 5.41) is 3.02. The van der Waals surface area contributed by atoms with Crippen LogP contribution in [0.4, 0.5) is 0 Å². The van der Waals surface area contributed by atoms with Crippen LogP contribution in [-0.2, 0) is 10.0 Å². The lowest BCUT2D eigenvalue weighted by Crippen LogP contribution is -2.32. The summed E-state index contributed by atoms with van der Waals surface area (Å²) in [4.78, 5) is 13.2. The highest BCUT2D eigenvalue weighted by Gasteiger charge is 2.26. The zero-order valence-electron chi connectivity index (χ0n) is 18.4. The third-order valence-corrected chi connectivity index (χ3v) is 7.93. The number of carbonyl (C=O) groups is 1. The molecule has 0 saturated carbocycles. The van der Waals surface area contributed by atoms with Crippen LogP contribution < -0.4 is 5.32 Å². The van der Waals surface area contributed by atoms with Crippen LogP contribution in [0.1, 0.15) is 71.3 Å². The van der Waals surface area contributed by atoms with Gasteiger partial charge in [-0.3, -0.25) is 4.79 Å². The van der Waals surface area contributed by atoms with Crippen LogP contribution in [0.5, 0.6) is 0 Å². The minimum Gasteiger partial charge on any atom is -0.346 e. The summed E-state index contributed by atoms with van der Waals surface area (Å²) in [6.07, 6.45) is 3.88. The Morgan fingerprint density at radius 1 is 0.900 bits per heavy atom. The fraction of sp³-hybridized carbons (Fsp3) is 0.458. The van der Waals surface area contributed by atoms with Gasteiger partial charge in [-0.05, 0) is 74.9 Å². The Kier molecular flexibility index (Phi) is 6.98. The maximum atomic E-state index is 13.1. The molecule has 1 heterocycles. The maximum absolute atomic E-state index is 13.1. The smallest absolute Gasteiger partial charge is 0.252 e. The molecule has 5 nitrogen and oxygen atoms in total. The highest BCUT2D eigenvalue weighted by Crippen LogP contribution is 2.24. The number of carbonyl (C=O) groups excluding carboxylic acids is 1. The lowest BCUT2D eigenvalue weighted by Gasteiger charge is -2.21. The zero-order chi connectivity index (χ0) is 21.9. The summed E-state index contributed by atoms with van der Waals surface area (Å²) in [5.41, 5.74) is 4.57. The van der Waals surface area contributed by atoms with Gasteiger partial charge in [0.2, 0.25) is 10.0 Å². The minimum absolute atomic E-state index is 0.179. The van der Waals surface area contributed by atoms with Gasteiger partial charge in [0.25, 0.3) is 5.91 Å². The van der Waals surface area contributed by atoms with E-state index >= 15 is 0 Å². The Morgan fingerprint density at radius 2 is 1.53 bits per heavy atom. The van der Waals surface area contributed by atoms with Gasteiger partial charge in [-0.15, -0.1) is 0 Å². The van der Waals surface area contributed by atoms with Crippen LogP contribution in [0.15, 0.2) is 41.3 Å². The van der Waals surface area contributed by atoms with Crippen LogP contribution in [-0.4, -0.2) is 31.7 Å². The topological polar surface area (TPSA) is 66.5 Å². The van der Waals surface area contributed by atoms with Gasteiger partial charge in [0, 0.05) is 18.7 Å². The van der Waals surface area contributed by atoms with Gasteiger partial charge in [-0.1, -0.05) is 37.1 Å². The van der Waals surface area contributed by atoms with Crippen LogP contribution >= 0.6 is 0 Å². The molecular weight excluding hydrogens is 396 g/mol. The molecule has 0 spiro atoms. The van der Waals surface area contributed by atoms with E-state index in [1.807, 2.05) is 26.0 Å². The maximum Gasteiger partial charge on any atom is 0.252 e. The Bertz CT molecular complexity index is 1020. The third-order valence-electron chi connectivity index (χ3n) is 6.04. The van der Waals surface area contributed by atoms with Crippen molar-refractivity contribution in [1.82, 2.24) is 9.62 Å². The normalized spacial score (nSPS) is 16.7. The van der Waals surface area contributed by atoms with Crippen molar-refractivity contribution in [2.75, 3.05) is 13.1 Å². The first-order valence-electron chi connectivity index (χ1n) is 10.7. The molecule has 2 aromatic carbocycles. The van der Waals surface area contributed by atoms with Gasteiger partial charge in [0.05, 0.1) is 10.9 Å². The lowest BCUT2D eigenvalue weighted by molar-refractivity contribution is 0.0939. The largest absolute Gasteiger partial charge is 0.346 e. The average Bonchev–Trinajstić information content (AvgIpc) is 3.00. The fourth-order valence-corrected chi connectivity index (χ4v) is 5.37. The van der Waals surface area contributed by atoms with Gasteiger partial charge in [0.1, 0.15) is 0 Å². The van der Waals surface area contributed by atoms with Crippen molar-refractivity contribution in [1.29, 1.82) is 0 Å². The predicted molar refractivity (Wildman–Crippen MR) is 120 cm³/mol. The molecule has 1 amide bonds. The number of amides is 1. The van der Waals surface area contributed by atoms with Crippen molar-refractivity contribution in [3.05, 3.63) is 64.2 Å². The molecule has 1 atom stereocenters. The van der Waals surface area contributed by atoms with Crippen molar-refractivity contribution < 1.29 is 13.2 Å². The SMILES string of the molecule is Cc1ccc([C@H](C)NC(=O)c2cc(S(=O)(=O)N3CCCCCC3)ccc2C)cc1C. The number of benzene rings is 2. The molecule has 1 N–H and O–H groups in total. The van der Waals surface area contributed by atoms with Crippen molar-refractivity contribution in [3.63, 3.8) is 0 Å². The van der Waals surface area contributed by atoms with Crippen LogP contribution in [0.25, 0.3) is 0 Å². The molecule has 1 aliphatic heterocycles. The van der Waals surface area contributed by atoms with E-state index in [-0.39, 0.29) is 16.8 Å². The monoisotopic (exact) mass is 428 g/mol. The van der Waals surface area contributed by atoms with Gasteiger partial charge in [0.15, 0.2) is 0 Å². The molecular formula is C24H32N2O3S. The average molecular weight is 429 g/mol. The summed E-state index contributed by atoms with van der Waals surface area (Å²) >= 11 is 0. The molecule has 1 saturated heterocycles. The molecule has 3 rings (SSSR count). The standard InChI is InChI=1S/C24H32N2O3S/c1-17-9-11-21(15-19(17)3)20(4)25-24(27)23-16-22(12-10-18(23)2)30(28,29)26-13-7-5-6-8-14-26/h9-12,15-16,20H,5-8,13-14H2,1-4H3,(H,25,27)/t20-/m0/s1. The number of rotatable bonds is 5. The van der Waals surface area contributed by atoms with Gasteiger partial charge in [-0.25, -0.2) is 8.42 Å². The number of nitrogens with zero attached hydrogens (tertiary/aromatic N) is 1. The van der Waals surface area contributed by atoms with Gasteiger partial charge in [-0.2, -0.15) is 4.31 Å². The molecule has 30 heavy (non-hydrogen) atoms. The van der Waals surface area contributed by atoms with Crippen molar-refractivity contribution in [3.8, 4) is 0 Å². The van der Waals surface area contributed by atoms with Gasteiger partial charge < -0.3 is 5.32 Å². The van der Waals surface area contributed by atoms with E-state index in [0.29, 0.717) is 18.7 Å². The second kappa shape index (κ2) is 9.31. The minimum atomic E-state index is -3.60. The number of hydrogen-bond acceptors (Lipinski definition) is 3. The second-order valence-corrected chi connectivity index (χ2v) is 10.3. The fourth-order valence-electron chi connectivity index (χ4n) is 3.83. The molecule has 0 radical (unpaired) electrons. The summed E-state index contributed by atoms with van der Waals surface area (Å²) in [6.45, 7) is 8.97. The van der Waals surface area contributed by atoms with E-state index in [1.54, 1.807) is 16.4 Å². The summed E-state index contributed by atoms with van der Waals surface area (Å²) in [7, 11) is -3.60. The van der Waals surface area contributed by atoms with Crippen LogP contribution in [0.2, 0.25) is 0 Å². The van der Waals surface area contributed by atoms with E-state index in [9.17, 15) is 13.2 Å². The van der Waals surface area contributed by atoms with E-state index in [2.05, 4.69) is 25.2 Å². The highest BCUT2D eigenvalue weighted by molar-refractivity contribution is 7.89. The number of nitrogens with one attached hydrogen (secondary N) is 1. The van der Waals surface area contributed by atoms with Crippen LogP contribution in [0, 0.1) is 20.8 Å². The Labute approximate surface area is 180 Å². The molecule has 162 valence electrons. The van der Waals surface area contributed by atoms with Crippen molar-refractivity contribution in [2.24, 2.45) is 0 Å². The Balaban J connectivity index is 1.83. The van der Waals surface area contributed by atoms with Crippen molar-refractivity contribution >= 4 is 15.9 Å². The number of aryl methyl sites for hydroxylation is 3. The first-order chi connectivity index (χ1) is 14.2. The summed E-state index contributed by atoms with van der Waals surface area (Å²) in [6, 6.07) is 10.8. The molecule has 1 fully saturated rings. The lowest BCUT2D eigenvalue weighted by atomic mass is 10.0. The Hall–Kier alpha value is -2.18. The van der Waals surface area contributed by atoms with E-state index in [1.165, 1.54) is 17.2 Å². The first kappa shape index (κ1) is 22.5. The second-order valence-electron chi connectivity index (χ2n) is 8.33. The predicted octanol–water partition coefficient (Wildman–Crippen LogP) is 4.67. The summed E-state index contributed by atoms with van der Waals surface area (Å²) < 4.78 is 27.8. The van der Waals surface area contributed by atoms with E-state index < -0.39 is 10.0 Å². The van der Waals surface area contributed by atoms with E-state index in [4.69, 9.17) is 0 Å². The molecule has 2 aromatic rings. The highest BCUT2D eigenvalue weighted by atomic mass is 32.2. The van der Waals surface area contributed by atoms with Crippen molar-refractivity contribution in [2.45, 2.75) is 64.3 Å². The van der Waals surface area contributed by atoms with E-state index in [0.717, 1.165) is 36.8 Å². The quantitative estimate of drug-likeness (QED) is 0.753.